The Morgan fingerprint density at radius 1 is 0.862 bits per heavy atom. The number of amides is 3. The van der Waals surface area contributed by atoms with Gasteiger partial charge in [-0.3, -0.25) is 14.4 Å². The quantitative estimate of drug-likeness (QED) is 0.837. The summed E-state index contributed by atoms with van der Waals surface area (Å²) >= 11 is 0. The van der Waals surface area contributed by atoms with Crippen LogP contribution in [0.1, 0.15) is 36.0 Å². The number of hydrogen-bond acceptors (Lipinski definition) is 4. The Bertz CT molecular complexity index is 776. The molecule has 1 aromatic rings. The lowest BCUT2D eigenvalue weighted by molar-refractivity contribution is -0.138. The Morgan fingerprint density at radius 2 is 1.55 bits per heavy atom. The van der Waals surface area contributed by atoms with Crippen molar-refractivity contribution in [1.82, 2.24) is 14.7 Å². The van der Waals surface area contributed by atoms with Gasteiger partial charge in [-0.25, -0.2) is 0 Å². The third-order valence-electron chi connectivity index (χ3n) is 6.27. The van der Waals surface area contributed by atoms with E-state index in [1.54, 1.807) is 18.2 Å². The van der Waals surface area contributed by atoms with Crippen molar-refractivity contribution in [2.24, 2.45) is 11.8 Å². The van der Waals surface area contributed by atoms with Gasteiger partial charge in [-0.05, 0) is 50.9 Å². The van der Waals surface area contributed by atoms with Gasteiger partial charge in [0, 0.05) is 62.4 Å². The molecule has 1 saturated carbocycles. The van der Waals surface area contributed by atoms with Gasteiger partial charge in [0.15, 0.2) is 0 Å². The van der Waals surface area contributed by atoms with Crippen LogP contribution < -0.4 is 5.32 Å². The van der Waals surface area contributed by atoms with E-state index >= 15 is 0 Å². The molecule has 7 heteroatoms. The molecule has 2 saturated heterocycles. The first-order valence-corrected chi connectivity index (χ1v) is 10.7. The maximum Gasteiger partial charge on any atom is 0.253 e. The van der Waals surface area contributed by atoms with Crippen LogP contribution in [-0.4, -0.2) is 78.7 Å². The van der Waals surface area contributed by atoms with Crippen molar-refractivity contribution < 1.29 is 14.4 Å². The Balaban J connectivity index is 1.30. The van der Waals surface area contributed by atoms with Gasteiger partial charge in [0.2, 0.25) is 11.8 Å². The molecule has 0 bridgehead atoms. The molecule has 29 heavy (non-hydrogen) atoms. The van der Waals surface area contributed by atoms with E-state index in [4.69, 9.17) is 0 Å². The van der Waals surface area contributed by atoms with Crippen LogP contribution in [-0.2, 0) is 9.59 Å². The lowest BCUT2D eigenvalue weighted by Gasteiger charge is -2.37. The standard InChI is InChI=1S/C22H30N4O3/c1-24-11-13-26(14-12-24)21(28)17-7-9-25(10-8-17)22(29)18-3-2-4-19(15-18)23-20(27)16-5-6-16/h2-4,15-17H,5-14H2,1H3,(H,23,27). The topological polar surface area (TPSA) is 73.0 Å². The molecule has 1 aliphatic carbocycles. The average Bonchev–Trinajstić information content (AvgIpc) is 3.59. The molecular weight excluding hydrogens is 368 g/mol. The maximum atomic E-state index is 12.9. The van der Waals surface area contributed by atoms with E-state index in [0.29, 0.717) is 24.3 Å². The summed E-state index contributed by atoms with van der Waals surface area (Å²) in [6.45, 7) is 4.65. The average molecular weight is 399 g/mol. The van der Waals surface area contributed by atoms with Gasteiger partial charge in [0.1, 0.15) is 0 Å². The van der Waals surface area contributed by atoms with Crippen molar-refractivity contribution in [3.8, 4) is 0 Å². The van der Waals surface area contributed by atoms with E-state index < -0.39 is 0 Å². The van der Waals surface area contributed by atoms with Crippen LogP contribution >= 0.6 is 0 Å². The molecule has 0 atom stereocenters. The van der Waals surface area contributed by atoms with E-state index in [1.807, 2.05) is 15.9 Å². The molecule has 0 radical (unpaired) electrons. The van der Waals surface area contributed by atoms with Gasteiger partial charge in [-0.15, -0.1) is 0 Å². The molecule has 0 spiro atoms. The second kappa shape index (κ2) is 8.53. The molecule has 0 aromatic heterocycles. The summed E-state index contributed by atoms with van der Waals surface area (Å²) in [5, 5.41) is 2.90. The highest BCUT2D eigenvalue weighted by Gasteiger charge is 2.32. The summed E-state index contributed by atoms with van der Waals surface area (Å²) in [4.78, 5) is 43.7. The van der Waals surface area contributed by atoms with Gasteiger partial charge in [0.25, 0.3) is 5.91 Å². The van der Waals surface area contributed by atoms with Crippen LogP contribution in [0.4, 0.5) is 5.69 Å². The number of anilines is 1. The number of nitrogens with one attached hydrogen (secondary N) is 1. The van der Waals surface area contributed by atoms with Crippen LogP contribution in [0.3, 0.4) is 0 Å². The highest BCUT2D eigenvalue weighted by molar-refractivity contribution is 5.98. The molecule has 3 amide bonds. The minimum absolute atomic E-state index is 0.0200. The lowest BCUT2D eigenvalue weighted by atomic mass is 9.94. The fourth-order valence-electron chi connectivity index (χ4n) is 4.12. The highest BCUT2D eigenvalue weighted by atomic mass is 16.2. The Hall–Kier alpha value is -2.41. The predicted molar refractivity (Wildman–Crippen MR) is 111 cm³/mol. The summed E-state index contributed by atoms with van der Waals surface area (Å²) in [5.41, 5.74) is 1.26. The normalized spacial score (nSPS) is 21.1. The summed E-state index contributed by atoms with van der Waals surface area (Å²) in [6, 6.07) is 7.16. The van der Waals surface area contributed by atoms with Crippen molar-refractivity contribution in [2.45, 2.75) is 25.7 Å². The van der Waals surface area contributed by atoms with E-state index in [-0.39, 0.29) is 29.6 Å². The van der Waals surface area contributed by atoms with Gasteiger partial charge in [-0.1, -0.05) is 6.07 Å². The largest absolute Gasteiger partial charge is 0.340 e. The Kier molecular flexibility index (Phi) is 5.85. The summed E-state index contributed by atoms with van der Waals surface area (Å²) < 4.78 is 0. The van der Waals surface area contributed by atoms with Crippen LogP contribution in [0.15, 0.2) is 24.3 Å². The second-order valence-corrected chi connectivity index (χ2v) is 8.54. The summed E-state index contributed by atoms with van der Waals surface area (Å²) in [5.74, 6) is 0.406. The fourth-order valence-corrected chi connectivity index (χ4v) is 4.12. The molecule has 2 aliphatic heterocycles. The molecule has 1 aromatic carbocycles. The summed E-state index contributed by atoms with van der Waals surface area (Å²) in [7, 11) is 2.08. The molecule has 156 valence electrons. The zero-order valence-corrected chi connectivity index (χ0v) is 17.1. The number of benzene rings is 1. The molecule has 0 unspecified atom stereocenters. The number of likely N-dealkylation sites (tertiary alicyclic amines) is 1. The molecule has 3 fully saturated rings. The monoisotopic (exact) mass is 398 g/mol. The van der Waals surface area contributed by atoms with Crippen molar-refractivity contribution in [1.29, 1.82) is 0 Å². The smallest absolute Gasteiger partial charge is 0.253 e. The first kappa shape index (κ1) is 19.9. The van der Waals surface area contributed by atoms with Crippen molar-refractivity contribution >= 4 is 23.4 Å². The fraction of sp³-hybridized carbons (Fsp3) is 0.591. The van der Waals surface area contributed by atoms with Crippen LogP contribution in [0.2, 0.25) is 0 Å². The number of piperazine rings is 1. The van der Waals surface area contributed by atoms with Crippen molar-refractivity contribution in [2.75, 3.05) is 51.6 Å². The number of rotatable bonds is 4. The lowest BCUT2D eigenvalue weighted by Crippen LogP contribution is -2.51. The van der Waals surface area contributed by atoms with Gasteiger partial charge in [-0.2, -0.15) is 0 Å². The zero-order chi connectivity index (χ0) is 20.4. The second-order valence-electron chi connectivity index (χ2n) is 8.54. The molecule has 4 rings (SSSR count). The number of likely N-dealkylation sites (N-methyl/N-ethyl adjacent to an activating group) is 1. The Morgan fingerprint density at radius 3 is 2.21 bits per heavy atom. The molecule has 2 heterocycles. The van der Waals surface area contributed by atoms with Crippen molar-refractivity contribution in [3.05, 3.63) is 29.8 Å². The number of carbonyl (C=O) groups excluding carboxylic acids is 3. The molecular formula is C22H30N4O3. The number of hydrogen-bond donors (Lipinski definition) is 1. The SMILES string of the molecule is CN1CCN(C(=O)C2CCN(C(=O)c3cccc(NC(=O)C4CC4)c3)CC2)CC1. The maximum absolute atomic E-state index is 12.9. The molecule has 1 N–H and O–H groups in total. The van der Waals surface area contributed by atoms with Crippen LogP contribution in [0.5, 0.6) is 0 Å². The first-order chi connectivity index (χ1) is 14.0. The highest BCUT2D eigenvalue weighted by Crippen LogP contribution is 2.30. The number of nitrogens with zero attached hydrogens (tertiary/aromatic N) is 3. The van der Waals surface area contributed by atoms with E-state index in [2.05, 4.69) is 17.3 Å². The van der Waals surface area contributed by atoms with E-state index in [9.17, 15) is 14.4 Å². The van der Waals surface area contributed by atoms with Gasteiger partial charge >= 0.3 is 0 Å². The Labute approximate surface area is 172 Å². The third-order valence-corrected chi connectivity index (χ3v) is 6.27. The third kappa shape index (κ3) is 4.78. The minimum Gasteiger partial charge on any atom is -0.340 e. The van der Waals surface area contributed by atoms with Crippen molar-refractivity contribution in [3.63, 3.8) is 0 Å². The number of carbonyl (C=O) groups is 3. The molecule has 3 aliphatic rings. The zero-order valence-electron chi connectivity index (χ0n) is 17.1. The van der Waals surface area contributed by atoms with Crippen LogP contribution in [0.25, 0.3) is 0 Å². The predicted octanol–water partition coefficient (Wildman–Crippen LogP) is 1.66. The molecule has 7 nitrogen and oxygen atoms in total. The number of piperidine rings is 1. The van der Waals surface area contributed by atoms with Crippen LogP contribution in [0, 0.1) is 11.8 Å². The minimum atomic E-state index is -0.0296. The summed E-state index contributed by atoms with van der Waals surface area (Å²) in [6.07, 6.45) is 3.34. The van der Waals surface area contributed by atoms with Gasteiger partial charge in [0.05, 0.1) is 0 Å². The first-order valence-electron chi connectivity index (χ1n) is 10.7. The van der Waals surface area contributed by atoms with E-state index in [0.717, 1.165) is 51.9 Å². The van der Waals surface area contributed by atoms with Gasteiger partial charge < -0.3 is 20.0 Å². The van der Waals surface area contributed by atoms with E-state index in [1.165, 1.54) is 0 Å².